The number of hydrogen-bond acceptors (Lipinski definition) is 8. The third-order valence-electron chi connectivity index (χ3n) is 3.24. The van der Waals surface area contributed by atoms with Crippen molar-refractivity contribution in [3.63, 3.8) is 0 Å². The number of aromatic nitrogens is 3. The summed E-state index contributed by atoms with van der Waals surface area (Å²) in [4.78, 5) is 17.2. The maximum Gasteiger partial charge on any atom is 0.232 e. The highest BCUT2D eigenvalue weighted by molar-refractivity contribution is 5.45. The molecule has 114 valence electrons. The van der Waals surface area contributed by atoms with E-state index in [0.29, 0.717) is 37.6 Å². The number of morpholine rings is 1. The average molecular weight is 291 g/mol. The molecule has 1 aromatic heterocycles. The molecular weight excluding hydrogens is 270 g/mol. The third-order valence-corrected chi connectivity index (χ3v) is 3.24. The number of ether oxygens (including phenoxy) is 1. The Morgan fingerprint density at radius 3 is 2.71 bits per heavy atom. The molecule has 8 nitrogen and oxygen atoms in total. The van der Waals surface area contributed by atoms with Gasteiger partial charge in [0, 0.05) is 33.7 Å². The van der Waals surface area contributed by atoms with Crippen molar-refractivity contribution in [3.05, 3.63) is 0 Å². The molecule has 0 amide bonds. The highest BCUT2D eigenvalue weighted by Crippen LogP contribution is 2.17. The van der Waals surface area contributed by atoms with Gasteiger partial charge < -0.3 is 19.9 Å². The van der Waals surface area contributed by atoms with Gasteiger partial charge >= 0.3 is 0 Å². The van der Waals surface area contributed by atoms with E-state index < -0.39 is 0 Å². The Labute approximate surface area is 124 Å². The van der Waals surface area contributed by atoms with Crippen LogP contribution in [0.4, 0.5) is 17.8 Å². The van der Waals surface area contributed by atoms with E-state index in [1.807, 2.05) is 18.9 Å². The standard InChI is InChI=1S/C13H21N7O/c1-10(8-14)9-19(3)12-16-11(15-2)17-13(18-12)20-4-6-21-7-5-20/h10H,4-7,9H2,1-3H3,(H,15,16,17,18). The minimum atomic E-state index is -0.0864. The predicted molar refractivity (Wildman–Crippen MR) is 80.5 cm³/mol. The van der Waals surface area contributed by atoms with Gasteiger partial charge in [0.2, 0.25) is 17.8 Å². The molecule has 1 aliphatic rings. The second-order valence-corrected chi connectivity index (χ2v) is 5.02. The van der Waals surface area contributed by atoms with Gasteiger partial charge in [-0.1, -0.05) is 0 Å². The van der Waals surface area contributed by atoms with E-state index in [0.717, 1.165) is 13.1 Å². The molecule has 1 unspecified atom stereocenters. The van der Waals surface area contributed by atoms with E-state index in [2.05, 4.69) is 31.2 Å². The number of nitriles is 1. The van der Waals surface area contributed by atoms with E-state index in [1.165, 1.54) is 0 Å². The number of hydrogen-bond donors (Lipinski definition) is 1. The number of anilines is 3. The van der Waals surface area contributed by atoms with Crippen LogP contribution in [0.5, 0.6) is 0 Å². The maximum atomic E-state index is 8.93. The van der Waals surface area contributed by atoms with Crippen LogP contribution in [0.25, 0.3) is 0 Å². The summed E-state index contributed by atoms with van der Waals surface area (Å²) < 4.78 is 5.35. The van der Waals surface area contributed by atoms with Gasteiger partial charge in [0.25, 0.3) is 0 Å². The first-order chi connectivity index (χ1) is 10.1. The van der Waals surface area contributed by atoms with Gasteiger partial charge in [-0.05, 0) is 6.92 Å². The molecule has 21 heavy (non-hydrogen) atoms. The maximum absolute atomic E-state index is 8.93. The Hall–Kier alpha value is -2.14. The molecule has 1 fully saturated rings. The Morgan fingerprint density at radius 2 is 2.10 bits per heavy atom. The highest BCUT2D eigenvalue weighted by atomic mass is 16.5. The van der Waals surface area contributed by atoms with Gasteiger partial charge in [0.1, 0.15) is 0 Å². The van der Waals surface area contributed by atoms with Crippen LogP contribution < -0.4 is 15.1 Å². The molecule has 2 heterocycles. The van der Waals surface area contributed by atoms with E-state index in [-0.39, 0.29) is 5.92 Å². The highest BCUT2D eigenvalue weighted by Gasteiger charge is 2.18. The molecule has 1 aromatic rings. The Bertz CT molecular complexity index is 510. The molecule has 0 aromatic carbocycles. The third kappa shape index (κ3) is 3.92. The van der Waals surface area contributed by atoms with Crippen molar-refractivity contribution in [1.29, 1.82) is 5.26 Å². The fraction of sp³-hybridized carbons (Fsp3) is 0.692. The van der Waals surface area contributed by atoms with Crippen LogP contribution in [0.2, 0.25) is 0 Å². The van der Waals surface area contributed by atoms with Crippen molar-refractivity contribution in [1.82, 2.24) is 15.0 Å². The van der Waals surface area contributed by atoms with Crippen LogP contribution in [0.15, 0.2) is 0 Å². The molecular formula is C13H21N7O. The van der Waals surface area contributed by atoms with Gasteiger partial charge in [-0.2, -0.15) is 20.2 Å². The van der Waals surface area contributed by atoms with Gasteiger partial charge in [-0.3, -0.25) is 0 Å². The average Bonchev–Trinajstić information content (AvgIpc) is 2.54. The van der Waals surface area contributed by atoms with E-state index >= 15 is 0 Å². The summed E-state index contributed by atoms with van der Waals surface area (Å²) in [5.74, 6) is 1.65. The summed E-state index contributed by atoms with van der Waals surface area (Å²) in [6.07, 6.45) is 0. The van der Waals surface area contributed by atoms with Crippen LogP contribution in [0.1, 0.15) is 6.92 Å². The summed E-state index contributed by atoms with van der Waals surface area (Å²) in [5, 5.41) is 11.9. The van der Waals surface area contributed by atoms with Gasteiger partial charge in [0.05, 0.1) is 25.2 Å². The van der Waals surface area contributed by atoms with Crippen LogP contribution >= 0.6 is 0 Å². The summed E-state index contributed by atoms with van der Waals surface area (Å²) in [6.45, 7) is 5.34. The van der Waals surface area contributed by atoms with E-state index in [4.69, 9.17) is 10.00 Å². The Morgan fingerprint density at radius 1 is 1.38 bits per heavy atom. The van der Waals surface area contributed by atoms with Crippen LogP contribution in [0, 0.1) is 17.2 Å². The van der Waals surface area contributed by atoms with E-state index in [9.17, 15) is 0 Å². The molecule has 1 N–H and O–H groups in total. The Balaban J connectivity index is 2.22. The fourth-order valence-electron chi connectivity index (χ4n) is 2.07. The van der Waals surface area contributed by atoms with Gasteiger partial charge in [-0.25, -0.2) is 0 Å². The van der Waals surface area contributed by atoms with Crippen molar-refractivity contribution in [2.24, 2.45) is 5.92 Å². The normalized spacial score (nSPS) is 16.2. The van der Waals surface area contributed by atoms with E-state index in [1.54, 1.807) is 7.05 Å². The molecule has 0 bridgehead atoms. The lowest BCUT2D eigenvalue weighted by Gasteiger charge is -2.28. The van der Waals surface area contributed by atoms with Crippen LogP contribution in [0.3, 0.4) is 0 Å². The minimum absolute atomic E-state index is 0.0864. The SMILES string of the molecule is CNc1nc(N(C)CC(C)C#N)nc(N2CCOCC2)n1. The number of nitrogens with zero attached hydrogens (tertiary/aromatic N) is 6. The fourth-order valence-corrected chi connectivity index (χ4v) is 2.07. The molecule has 1 aliphatic heterocycles. The van der Waals surface area contributed by atoms with Crippen molar-refractivity contribution in [3.8, 4) is 6.07 Å². The first-order valence-electron chi connectivity index (χ1n) is 7.01. The second kappa shape index (κ2) is 7.04. The topological polar surface area (TPSA) is 90.2 Å². The Kier molecular flexibility index (Phi) is 5.11. The van der Waals surface area contributed by atoms with Gasteiger partial charge in [-0.15, -0.1) is 0 Å². The summed E-state index contributed by atoms with van der Waals surface area (Å²) >= 11 is 0. The van der Waals surface area contributed by atoms with Crippen molar-refractivity contribution in [2.75, 3.05) is 62.1 Å². The number of nitrogens with one attached hydrogen (secondary N) is 1. The zero-order valence-electron chi connectivity index (χ0n) is 12.7. The predicted octanol–water partition coefficient (Wildman–Crippen LogP) is 0.346. The largest absolute Gasteiger partial charge is 0.378 e. The summed E-state index contributed by atoms with van der Waals surface area (Å²) in [5.41, 5.74) is 0. The van der Waals surface area contributed by atoms with Crippen LogP contribution in [-0.4, -0.2) is 61.9 Å². The molecule has 1 atom stereocenters. The van der Waals surface area contributed by atoms with Crippen molar-refractivity contribution in [2.45, 2.75) is 6.92 Å². The monoisotopic (exact) mass is 291 g/mol. The van der Waals surface area contributed by atoms with Gasteiger partial charge in [0.15, 0.2) is 0 Å². The molecule has 0 saturated carbocycles. The zero-order chi connectivity index (χ0) is 15.2. The van der Waals surface area contributed by atoms with Crippen molar-refractivity contribution >= 4 is 17.8 Å². The molecule has 0 spiro atoms. The summed E-state index contributed by atoms with van der Waals surface area (Å²) in [6, 6.07) is 2.22. The number of rotatable bonds is 5. The smallest absolute Gasteiger partial charge is 0.232 e. The van der Waals surface area contributed by atoms with Crippen molar-refractivity contribution < 1.29 is 4.74 Å². The first-order valence-corrected chi connectivity index (χ1v) is 7.01. The second-order valence-electron chi connectivity index (χ2n) is 5.02. The first kappa shape index (κ1) is 15.3. The molecule has 0 radical (unpaired) electrons. The minimum Gasteiger partial charge on any atom is -0.378 e. The molecule has 8 heteroatoms. The quantitative estimate of drug-likeness (QED) is 0.831. The zero-order valence-corrected chi connectivity index (χ0v) is 12.7. The summed E-state index contributed by atoms with van der Waals surface area (Å²) in [7, 11) is 3.66. The lowest BCUT2D eigenvalue weighted by Crippen LogP contribution is -2.38. The molecule has 1 saturated heterocycles. The molecule has 2 rings (SSSR count). The lowest BCUT2D eigenvalue weighted by molar-refractivity contribution is 0.122. The lowest BCUT2D eigenvalue weighted by atomic mass is 10.2. The molecule has 0 aliphatic carbocycles. The van der Waals surface area contributed by atoms with Crippen LogP contribution in [-0.2, 0) is 4.74 Å².